The van der Waals surface area contributed by atoms with Crippen molar-refractivity contribution in [3.63, 3.8) is 0 Å². The molecule has 0 radical (unpaired) electrons. The largest absolute Gasteiger partial charge is 0.469 e. The third kappa shape index (κ3) is 11.8. The standard InChI is InChI=1S/C19H34N4O3.HI/c1-7-20-17(21-11-10-16-9-8-12-25-16)22-13-15(2)14-23(6)18(24)26-19(3,4)5;/h8-9,12,15H,7,10-11,13-14H2,1-6H3,(H2,20,21,22);1H. The van der Waals surface area contributed by atoms with E-state index in [-0.39, 0.29) is 36.0 Å². The number of amides is 1. The molecule has 1 rings (SSSR count). The van der Waals surface area contributed by atoms with Crippen molar-refractivity contribution >= 4 is 36.0 Å². The van der Waals surface area contributed by atoms with Gasteiger partial charge in [-0.05, 0) is 45.7 Å². The smallest absolute Gasteiger partial charge is 0.410 e. The molecule has 27 heavy (non-hydrogen) atoms. The summed E-state index contributed by atoms with van der Waals surface area (Å²) in [7, 11) is 1.75. The Bertz CT molecular complexity index is 556. The lowest BCUT2D eigenvalue weighted by molar-refractivity contribution is 0.0279. The minimum absolute atomic E-state index is 0. The van der Waals surface area contributed by atoms with E-state index in [1.807, 2.05) is 39.8 Å². The molecular weight excluding hydrogens is 459 g/mol. The number of aliphatic imine (C=N–C) groups is 1. The molecule has 7 nitrogen and oxygen atoms in total. The second-order valence-electron chi connectivity index (χ2n) is 7.44. The maximum Gasteiger partial charge on any atom is 0.410 e. The number of hydrogen-bond donors (Lipinski definition) is 2. The lowest BCUT2D eigenvalue weighted by Crippen LogP contribution is -2.39. The highest BCUT2D eigenvalue weighted by atomic mass is 127. The summed E-state index contributed by atoms with van der Waals surface area (Å²) in [6.45, 7) is 12.4. The lowest BCUT2D eigenvalue weighted by atomic mass is 10.2. The van der Waals surface area contributed by atoms with Gasteiger partial charge < -0.3 is 24.7 Å². The first-order chi connectivity index (χ1) is 12.2. The van der Waals surface area contributed by atoms with Crippen LogP contribution in [-0.4, -0.2) is 55.8 Å². The average Bonchev–Trinajstić information content (AvgIpc) is 3.04. The molecule has 0 aliphatic rings. The second-order valence-corrected chi connectivity index (χ2v) is 7.44. The van der Waals surface area contributed by atoms with Crippen LogP contribution in [-0.2, 0) is 11.2 Å². The van der Waals surface area contributed by atoms with Crippen LogP contribution in [0.5, 0.6) is 0 Å². The van der Waals surface area contributed by atoms with E-state index in [1.54, 1.807) is 18.2 Å². The fourth-order valence-electron chi connectivity index (χ4n) is 2.29. The number of rotatable bonds is 8. The molecule has 1 amide bonds. The molecule has 0 aliphatic heterocycles. The van der Waals surface area contributed by atoms with Crippen LogP contribution in [0, 0.1) is 5.92 Å². The zero-order valence-electron chi connectivity index (χ0n) is 17.4. The number of nitrogens with one attached hydrogen (secondary N) is 2. The van der Waals surface area contributed by atoms with Crippen LogP contribution in [0.2, 0.25) is 0 Å². The van der Waals surface area contributed by atoms with Crippen molar-refractivity contribution in [2.24, 2.45) is 10.9 Å². The van der Waals surface area contributed by atoms with Crippen LogP contribution in [0.1, 0.15) is 40.4 Å². The predicted molar refractivity (Wildman–Crippen MR) is 120 cm³/mol. The van der Waals surface area contributed by atoms with Crippen molar-refractivity contribution in [3.8, 4) is 0 Å². The van der Waals surface area contributed by atoms with Crippen LogP contribution in [0.25, 0.3) is 0 Å². The normalized spacial score (nSPS) is 12.7. The summed E-state index contributed by atoms with van der Waals surface area (Å²) in [6, 6.07) is 3.85. The number of hydrogen-bond acceptors (Lipinski definition) is 4. The molecule has 8 heteroatoms. The molecule has 0 bridgehead atoms. The van der Waals surface area contributed by atoms with E-state index in [4.69, 9.17) is 9.15 Å². The Hall–Kier alpha value is -1.45. The first-order valence-corrected chi connectivity index (χ1v) is 9.20. The highest BCUT2D eigenvalue weighted by molar-refractivity contribution is 14.0. The molecule has 0 saturated carbocycles. The lowest BCUT2D eigenvalue weighted by Gasteiger charge is -2.26. The Morgan fingerprint density at radius 3 is 2.63 bits per heavy atom. The number of furan rings is 1. The van der Waals surface area contributed by atoms with Gasteiger partial charge in [0, 0.05) is 39.6 Å². The maximum absolute atomic E-state index is 12.0. The van der Waals surface area contributed by atoms with Crippen molar-refractivity contribution in [3.05, 3.63) is 24.2 Å². The molecule has 0 aromatic carbocycles. The Balaban J connectivity index is 0.00000676. The van der Waals surface area contributed by atoms with E-state index in [0.717, 1.165) is 31.2 Å². The van der Waals surface area contributed by atoms with Crippen LogP contribution >= 0.6 is 24.0 Å². The summed E-state index contributed by atoms with van der Waals surface area (Å²) < 4.78 is 10.7. The zero-order chi connectivity index (χ0) is 19.6. The summed E-state index contributed by atoms with van der Waals surface area (Å²) in [5.41, 5.74) is -0.483. The van der Waals surface area contributed by atoms with Gasteiger partial charge in [0.05, 0.1) is 6.26 Å². The molecule has 1 aromatic heterocycles. The van der Waals surface area contributed by atoms with Gasteiger partial charge >= 0.3 is 6.09 Å². The van der Waals surface area contributed by atoms with E-state index in [9.17, 15) is 4.79 Å². The third-order valence-corrected chi connectivity index (χ3v) is 3.44. The second kappa shape index (κ2) is 12.9. The molecule has 156 valence electrons. The average molecular weight is 494 g/mol. The summed E-state index contributed by atoms with van der Waals surface area (Å²) in [5.74, 6) is 1.93. The predicted octanol–water partition coefficient (Wildman–Crippen LogP) is 3.50. The number of halogens is 1. The number of carbonyl (C=O) groups excluding carboxylic acids is 1. The summed E-state index contributed by atoms with van der Waals surface area (Å²) in [5, 5.41) is 6.52. The van der Waals surface area contributed by atoms with Gasteiger partial charge in [-0.3, -0.25) is 4.99 Å². The van der Waals surface area contributed by atoms with E-state index in [1.165, 1.54) is 0 Å². The van der Waals surface area contributed by atoms with Gasteiger partial charge in [-0.1, -0.05) is 6.92 Å². The number of guanidine groups is 1. The quantitative estimate of drug-likeness (QED) is 0.329. The number of ether oxygens (including phenoxy) is 1. The summed E-state index contributed by atoms with van der Waals surface area (Å²) >= 11 is 0. The highest BCUT2D eigenvalue weighted by Gasteiger charge is 2.20. The van der Waals surface area contributed by atoms with Crippen LogP contribution in [0.4, 0.5) is 4.79 Å². The van der Waals surface area contributed by atoms with Crippen LogP contribution in [0.3, 0.4) is 0 Å². The van der Waals surface area contributed by atoms with Crippen LogP contribution < -0.4 is 10.6 Å². The minimum atomic E-state index is -0.483. The van der Waals surface area contributed by atoms with Gasteiger partial charge in [-0.2, -0.15) is 0 Å². The highest BCUT2D eigenvalue weighted by Crippen LogP contribution is 2.10. The van der Waals surface area contributed by atoms with E-state index >= 15 is 0 Å². The Labute approximate surface area is 180 Å². The molecule has 0 spiro atoms. The number of carbonyl (C=O) groups is 1. The molecule has 0 saturated heterocycles. The maximum atomic E-state index is 12.0. The molecule has 1 unspecified atom stereocenters. The molecule has 2 N–H and O–H groups in total. The first kappa shape index (κ1) is 25.6. The van der Waals surface area contributed by atoms with Gasteiger partial charge in [-0.25, -0.2) is 4.79 Å². The fourth-order valence-corrected chi connectivity index (χ4v) is 2.29. The van der Waals surface area contributed by atoms with Gasteiger partial charge in [0.2, 0.25) is 0 Å². The van der Waals surface area contributed by atoms with Crippen molar-refractivity contribution in [1.29, 1.82) is 0 Å². The van der Waals surface area contributed by atoms with Crippen molar-refractivity contribution in [2.45, 2.75) is 46.6 Å². The Morgan fingerprint density at radius 1 is 1.37 bits per heavy atom. The van der Waals surface area contributed by atoms with Gasteiger partial charge in [0.25, 0.3) is 0 Å². The third-order valence-electron chi connectivity index (χ3n) is 3.44. The Kier molecular flexibility index (Phi) is 12.2. The zero-order valence-corrected chi connectivity index (χ0v) is 19.7. The molecule has 1 heterocycles. The molecule has 1 atom stereocenters. The first-order valence-electron chi connectivity index (χ1n) is 9.20. The summed E-state index contributed by atoms with van der Waals surface area (Å²) in [4.78, 5) is 18.2. The van der Waals surface area contributed by atoms with E-state index < -0.39 is 5.60 Å². The SMILES string of the molecule is CCNC(=NCC(C)CN(C)C(=O)OC(C)(C)C)NCCc1ccco1.I. The summed E-state index contributed by atoms with van der Waals surface area (Å²) in [6.07, 6.45) is 2.17. The van der Waals surface area contributed by atoms with Crippen molar-refractivity contribution in [1.82, 2.24) is 15.5 Å². The number of nitrogens with zero attached hydrogens (tertiary/aromatic N) is 2. The topological polar surface area (TPSA) is 79.1 Å². The van der Waals surface area contributed by atoms with Crippen molar-refractivity contribution < 1.29 is 13.9 Å². The molecule has 0 aliphatic carbocycles. The van der Waals surface area contributed by atoms with Gasteiger partial charge in [-0.15, -0.1) is 24.0 Å². The molecule has 1 aromatic rings. The van der Waals surface area contributed by atoms with Crippen LogP contribution in [0.15, 0.2) is 27.8 Å². The van der Waals surface area contributed by atoms with Gasteiger partial charge in [0.15, 0.2) is 5.96 Å². The minimum Gasteiger partial charge on any atom is -0.469 e. The van der Waals surface area contributed by atoms with Crippen molar-refractivity contribution in [2.75, 3.05) is 33.2 Å². The van der Waals surface area contributed by atoms with Gasteiger partial charge in [0.1, 0.15) is 11.4 Å². The monoisotopic (exact) mass is 494 g/mol. The van der Waals surface area contributed by atoms with E-state index in [2.05, 4.69) is 22.5 Å². The molecule has 0 fully saturated rings. The Morgan fingerprint density at radius 2 is 2.07 bits per heavy atom. The molecular formula is C19H35IN4O3. The van der Waals surface area contributed by atoms with E-state index in [0.29, 0.717) is 13.1 Å². The fraction of sp³-hybridized carbons (Fsp3) is 0.684.